The first-order chi connectivity index (χ1) is 18.4. The highest BCUT2D eigenvalue weighted by atomic mass is 19.1. The fourth-order valence-corrected chi connectivity index (χ4v) is 5.01. The van der Waals surface area contributed by atoms with E-state index in [0.717, 1.165) is 54.6 Å². The van der Waals surface area contributed by atoms with E-state index in [0.29, 0.717) is 23.1 Å². The maximum atomic E-state index is 14.5. The van der Waals surface area contributed by atoms with E-state index in [1.165, 1.54) is 13.2 Å². The van der Waals surface area contributed by atoms with E-state index in [1.54, 1.807) is 48.4 Å². The molecule has 38 heavy (non-hydrogen) atoms. The van der Waals surface area contributed by atoms with Crippen molar-refractivity contribution in [1.82, 2.24) is 25.1 Å². The van der Waals surface area contributed by atoms with E-state index in [1.807, 2.05) is 12.3 Å². The van der Waals surface area contributed by atoms with Gasteiger partial charge in [-0.05, 0) is 55.0 Å². The Morgan fingerprint density at radius 3 is 2.84 bits per heavy atom. The van der Waals surface area contributed by atoms with Crippen molar-refractivity contribution < 1.29 is 18.7 Å². The molecule has 0 aliphatic carbocycles. The Labute approximate surface area is 221 Å². The monoisotopic (exact) mass is 517 g/mol. The van der Waals surface area contributed by atoms with Gasteiger partial charge in [-0.15, -0.1) is 0 Å². The Bertz CT molecular complexity index is 1440. The number of nitrogens with zero attached hydrogens (tertiary/aromatic N) is 4. The standard InChI is InChI=1S/C29H32FN5O3/c1-4-23-11-18(9-10-38-23)12-27-31-15-21-6-5-20(14-25(21)33-27)29(36)34-28(22-16-32-35(2)17-22)19-7-8-26(37-3)24(30)13-19/h5-8,13-18,23,28H,4,9-12H2,1-3H3,(H,34,36)/t18-,23+,28-/m0/s1. The van der Waals surface area contributed by atoms with Crippen molar-refractivity contribution in [3.8, 4) is 5.75 Å². The van der Waals surface area contributed by atoms with Crippen molar-refractivity contribution in [3.63, 3.8) is 0 Å². The summed E-state index contributed by atoms with van der Waals surface area (Å²) >= 11 is 0. The molecule has 2 aromatic carbocycles. The third-order valence-electron chi connectivity index (χ3n) is 7.14. The van der Waals surface area contributed by atoms with Gasteiger partial charge in [-0.3, -0.25) is 9.48 Å². The number of amides is 1. The molecular formula is C29H32FN5O3. The molecule has 3 atom stereocenters. The number of carbonyl (C=O) groups excluding carboxylic acids is 1. The summed E-state index contributed by atoms with van der Waals surface area (Å²) < 4.78 is 27.0. The third kappa shape index (κ3) is 5.67. The molecule has 3 heterocycles. The van der Waals surface area contributed by atoms with E-state index in [4.69, 9.17) is 14.5 Å². The van der Waals surface area contributed by atoms with Gasteiger partial charge in [-0.1, -0.05) is 19.1 Å². The van der Waals surface area contributed by atoms with Crippen LogP contribution >= 0.6 is 0 Å². The van der Waals surface area contributed by atoms with E-state index in [2.05, 4.69) is 22.3 Å². The molecule has 4 aromatic rings. The second kappa shape index (κ2) is 11.3. The predicted octanol–water partition coefficient (Wildman–Crippen LogP) is 4.78. The third-order valence-corrected chi connectivity index (χ3v) is 7.14. The summed E-state index contributed by atoms with van der Waals surface area (Å²) in [4.78, 5) is 22.8. The van der Waals surface area contributed by atoms with Crippen LogP contribution in [0.3, 0.4) is 0 Å². The number of aromatic nitrogens is 4. The second-order valence-electron chi connectivity index (χ2n) is 9.80. The lowest BCUT2D eigenvalue weighted by Gasteiger charge is -2.28. The van der Waals surface area contributed by atoms with Crippen LogP contribution in [0, 0.1) is 11.7 Å². The molecule has 0 unspecified atom stereocenters. The minimum Gasteiger partial charge on any atom is -0.494 e. The van der Waals surface area contributed by atoms with Crippen molar-refractivity contribution in [2.24, 2.45) is 13.0 Å². The number of methoxy groups -OCH3 is 1. The Balaban J connectivity index is 1.39. The van der Waals surface area contributed by atoms with Crippen LogP contribution in [0.25, 0.3) is 10.9 Å². The number of rotatable bonds is 8. The van der Waals surface area contributed by atoms with Crippen LogP contribution in [0.2, 0.25) is 0 Å². The van der Waals surface area contributed by atoms with Crippen LogP contribution in [0.5, 0.6) is 5.75 Å². The zero-order valence-electron chi connectivity index (χ0n) is 21.9. The largest absolute Gasteiger partial charge is 0.494 e. The van der Waals surface area contributed by atoms with Crippen molar-refractivity contribution in [1.29, 1.82) is 0 Å². The van der Waals surface area contributed by atoms with E-state index >= 15 is 0 Å². The minimum absolute atomic E-state index is 0.140. The molecule has 1 aliphatic rings. The van der Waals surface area contributed by atoms with Crippen molar-refractivity contribution in [3.05, 3.63) is 83.3 Å². The van der Waals surface area contributed by atoms with Crippen LogP contribution in [0.1, 0.15) is 59.5 Å². The first kappa shape index (κ1) is 25.8. The van der Waals surface area contributed by atoms with Gasteiger partial charge in [0.15, 0.2) is 11.6 Å². The molecule has 1 fully saturated rings. The van der Waals surface area contributed by atoms with Crippen LogP contribution < -0.4 is 10.1 Å². The van der Waals surface area contributed by atoms with Crippen LogP contribution in [0.15, 0.2) is 55.0 Å². The van der Waals surface area contributed by atoms with Gasteiger partial charge in [-0.25, -0.2) is 14.4 Å². The number of hydrogen-bond acceptors (Lipinski definition) is 6. The summed E-state index contributed by atoms with van der Waals surface area (Å²) in [5.74, 6) is 0.604. The summed E-state index contributed by atoms with van der Waals surface area (Å²) in [7, 11) is 3.21. The van der Waals surface area contributed by atoms with Gasteiger partial charge in [0.1, 0.15) is 5.82 Å². The van der Waals surface area contributed by atoms with E-state index in [9.17, 15) is 9.18 Å². The average molecular weight is 518 g/mol. The fourth-order valence-electron chi connectivity index (χ4n) is 5.01. The van der Waals surface area contributed by atoms with Gasteiger partial charge >= 0.3 is 0 Å². The molecule has 1 amide bonds. The summed E-state index contributed by atoms with van der Waals surface area (Å²) in [6.07, 6.45) is 9.39. The van der Waals surface area contributed by atoms with Gasteiger partial charge in [0.25, 0.3) is 5.91 Å². The van der Waals surface area contributed by atoms with Crippen molar-refractivity contribution in [2.45, 2.75) is 44.8 Å². The minimum atomic E-state index is -0.603. The highest BCUT2D eigenvalue weighted by Crippen LogP contribution is 2.28. The Morgan fingerprint density at radius 2 is 2.11 bits per heavy atom. The molecule has 0 saturated carbocycles. The Kier molecular flexibility index (Phi) is 7.64. The first-order valence-electron chi connectivity index (χ1n) is 12.9. The predicted molar refractivity (Wildman–Crippen MR) is 141 cm³/mol. The van der Waals surface area contributed by atoms with Gasteiger partial charge in [0.2, 0.25) is 0 Å². The quantitative estimate of drug-likeness (QED) is 0.362. The van der Waals surface area contributed by atoms with Gasteiger partial charge < -0.3 is 14.8 Å². The lowest BCUT2D eigenvalue weighted by atomic mass is 9.91. The number of carbonyl (C=O) groups is 1. The zero-order valence-corrected chi connectivity index (χ0v) is 21.9. The second-order valence-corrected chi connectivity index (χ2v) is 9.80. The van der Waals surface area contributed by atoms with Crippen molar-refractivity contribution in [2.75, 3.05) is 13.7 Å². The molecule has 0 spiro atoms. The van der Waals surface area contributed by atoms with Crippen LogP contribution in [-0.2, 0) is 18.2 Å². The summed E-state index contributed by atoms with van der Waals surface area (Å²) in [6.45, 7) is 2.92. The number of nitrogens with one attached hydrogen (secondary N) is 1. The average Bonchev–Trinajstić information content (AvgIpc) is 3.37. The molecule has 198 valence electrons. The molecule has 1 saturated heterocycles. The molecule has 0 radical (unpaired) electrons. The maximum absolute atomic E-state index is 14.5. The molecule has 1 aliphatic heterocycles. The number of halogens is 1. The molecule has 0 bridgehead atoms. The smallest absolute Gasteiger partial charge is 0.252 e. The summed E-state index contributed by atoms with van der Waals surface area (Å²) in [5.41, 5.74) is 2.49. The highest BCUT2D eigenvalue weighted by molar-refractivity contribution is 5.98. The van der Waals surface area contributed by atoms with Crippen LogP contribution in [-0.4, -0.2) is 45.5 Å². The summed E-state index contributed by atoms with van der Waals surface area (Å²) in [6, 6.07) is 9.43. The zero-order chi connectivity index (χ0) is 26.6. The lowest BCUT2D eigenvalue weighted by molar-refractivity contribution is -0.0105. The number of hydrogen-bond donors (Lipinski definition) is 1. The number of benzene rings is 2. The van der Waals surface area contributed by atoms with Gasteiger partial charge in [0, 0.05) is 49.0 Å². The molecule has 8 nitrogen and oxygen atoms in total. The van der Waals surface area contributed by atoms with Crippen molar-refractivity contribution >= 4 is 16.8 Å². The normalized spacial score (nSPS) is 18.3. The van der Waals surface area contributed by atoms with E-state index < -0.39 is 11.9 Å². The van der Waals surface area contributed by atoms with E-state index in [-0.39, 0.29) is 11.7 Å². The first-order valence-corrected chi connectivity index (χ1v) is 12.9. The molecular weight excluding hydrogens is 485 g/mol. The molecule has 2 aromatic heterocycles. The Morgan fingerprint density at radius 1 is 1.24 bits per heavy atom. The lowest BCUT2D eigenvalue weighted by Crippen LogP contribution is -2.29. The maximum Gasteiger partial charge on any atom is 0.252 e. The van der Waals surface area contributed by atoms with Gasteiger partial charge in [0.05, 0.1) is 31.0 Å². The number of ether oxygens (including phenoxy) is 2. The molecule has 5 rings (SSSR count). The number of fused-ring (bicyclic) bond motifs is 1. The topological polar surface area (TPSA) is 91.2 Å². The molecule has 9 heteroatoms. The SMILES string of the molecule is CC[C@@H]1C[C@@H](Cc2ncc3ccc(C(=O)N[C@@H](c4ccc(OC)c(F)c4)c4cnn(C)c4)cc3n2)CCO1. The van der Waals surface area contributed by atoms with Gasteiger partial charge in [-0.2, -0.15) is 5.10 Å². The van der Waals surface area contributed by atoms with Crippen LogP contribution in [0.4, 0.5) is 4.39 Å². The fraction of sp³-hybridized carbons (Fsp3) is 0.379. The Hall–Kier alpha value is -3.85. The molecule has 1 N–H and O–H groups in total. The number of aryl methyl sites for hydroxylation is 1. The summed E-state index contributed by atoms with van der Waals surface area (Å²) in [5, 5.41) is 8.14. The highest BCUT2D eigenvalue weighted by Gasteiger charge is 2.23.